The van der Waals surface area contributed by atoms with Gasteiger partial charge in [0.05, 0.1) is 14.2 Å². The molecule has 0 bridgehead atoms. The van der Waals surface area contributed by atoms with Gasteiger partial charge in [0.1, 0.15) is 0 Å². The number of benzene rings is 3. The number of rotatable bonds is 8. The predicted molar refractivity (Wildman–Crippen MR) is 144 cm³/mol. The standard InChI is InChI=1S/C27H27N3O2S2/c1-18(20-7-11-24(31-3)25(15-20)32-4)23-16-22(10-12-26(23)33)29(2)17-19-5-8-21(9-6-19)30-14-13-28-27(30)34/h5-16,33H,1,17H2,2-4H3,(H,28,34). The van der Waals surface area contributed by atoms with E-state index in [-0.39, 0.29) is 0 Å². The highest BCUT2D eigenvalue weighted by molar-refractivity contribution is 7.80. The molecular formula is C27H27N3O2S2. The summed E-state index contributed by atoms with van der Waals surface area (Å²) in [5, 5.41) is 0. The van der Waals surface area contributed by atoms with Crippen molar-refractivity contribution in [1.82, 2.24) is 9.55 Å². The molecule has 0 unspecified atom stereocenters. The molecule has 0 saturated heterocycles. The molecule has 0 fully saturated rings. The fraction of sp³-hybridized carbons (Fsp3) is 0.148. The van der Waals surface area contributed by atoms with Gasteiger partial charge < -0.3 is 19.4 Å². The molecule has 1 aromatic heterocycles. The molecule has 0 atom stereocenters. The second-order valence-electron chi connectivity index (χ2n) is 7.91. The van der Waals surface area contributed by atoms with Crippen LogP contribution in [0.15, 0.2) is 84.5 Å². The smallest absolute Gasteiger partial charge is 0.181 e. The molecule has 4 aromatic rings. The van der Waals surface area contributed by atoms with E-state index in [1.54, 1.807) is 14.2 Å². The van der Waals surface area contributed by atoms with Gasteiger partial charge in [0.25, 0.3) is 0 Å². The second kappa shape index (κ2) is 10.2. The maximum atomic E-state index is 5.46. The highest BCUT2D eigenvalue weighted by Crippen LogP contribution is 2.35. The number of nitrogens with zero attached hydrogens (tertiary/aromatic N) is 2. The van der Waals surface area contributed by atoms with Crippen LogP contribution < -0.4 is 14.4 Å². The number of hydrogen-bond donors (Lipinski definition) is 2. The van der Waals surface area contributed by atoms with Crippen molar-refractivity contribution < 1.29 is 9.47 Å². The van der Waals surface area contributed by atoms with Crippen molar-refractivity contribution in [2.75, 3.05) is 26.2 Å². The van der Waals surface area contributed by atoms with Crippen LogP contribution in [0.2, 0.25) is 0 Å². The number of aromatic nitrogens is 2. The average molecular weight is 490 g/mol. The van der Waals surface area contributed by atoms with Crippen molar-refractivity contribution in [3.8, 4) is 17.2 Å². The Morgan fingerprint density at radius 1 is 1.03 bits per heavy atom. The summed E-state index contributed by atoms with van der Waals surface area (Å²) in [6.07, 6.45) is 3.76. The van der Waals surface area contributed by atoms with E-state index < -0.39 is 0 Å². The van der Waals surface area contributed by atoms with E-state index in [1.165, 1.54) is 5.56 Å². The summed E-state index contributed by atoms with van der Waals surface area (Å²) >= 11 is 10.0. The van der Waals surface area contributed by atoms with Gasteiger partial charge in [0.2, 0.25) is 0 Å². The Morgan fingerprint density at radius 2 is 1.76 bits per heavy atom. The van der Waals surface area contributed by atoms with E-state index in [0.717, 1.165) is 39.5 Å². The summed E-state index contributed by atoms with van der Waals surface area (Å²) in [7, 11) is 5.33. The Balaban J connectivity index is 1.55. The Hall–Kier alpha value is -3.42. The minimum Gasteiger partial charge on any atom is -0.493 e. The Labute approximate surface area is 210 Å². The first-order valence-corrected chi connectivity index (χ1v) is 11.6. The molecule has 0 spiro atoms. The van der Waals surface area contributed by atoms with Gasteiger partial charge >= 0.3 is 0 Å². The van der Waals surface area contributed by atoms with E-state index in [2.05, 4.69) is 72.5 Å². The van der Waals surface area contributed by atoms with Crippen molar-refractivity contribution in [3.63, 3.8) is 0 Å². The number of anilines is 1. The number of nitrogens with one attached hydrogen (secondary N) is 1. The van der Waals surface area contributed by atoms with Crippen molar-refractivity contribution in [3.05, 3.63) is 101 Å². The molecule has 34 heavy (non-hydrogen) atoms. The lowest BCUT2D eigenvalue weighted by molar-refractivity contribution is 0.355. The van der Waals surface area contributed by atoms with Gasteiger partial charge in [-0.05, 0) is 76.9 Å². The van der Waals surface area contributed by atoms with E-state index in [1.807, 2.05) is 41.2 Å². The lowest BCUT2D eigenvalue weighted by Gasteiger charge is -2.22. The van der Waals surface area contributed by atoms with Crippen molar-refractivity contribution in [2.24, 2.45) is 0 Å². The third-order valence-corrected chi connectivity index (χ3v) is 6.47. The van der Waals surface area contributed by atoms with Gasteiger partial charge in [0.15, 0.2) is 16.3 Å². The number of aromatic amines is 1. The molecule has 1 heterocycles. The van der Waals surface area contributed by atoms with Crippen LogP contribution in [0.1, 0.15) is 16.7 Å². The van der Waals surface area contributed by atoms with Crippen molar-refractivity contribution >= 4 is 36.1 Å². The molecule has 0 saturated carbocycles. The van der Waals surface area contributed by atoms with Crippen LogP contribution in [-0.4, -0.2) is 30.8 Å². The average Bonchev–Trinajstić information content (AvgIpc) is 3.29. The minimum atomic E-state index is 0.666. The second-order valence-corrected chi connectivity index (χ2v) is 8.78. The summed E-state index contributed by atoms with van der Waals surface area (Å²) in [6, 6.07) is 20.4. The number of hydrogen-bond acceptors (Lipinski definition) is 5. The van der Waals surface area contributed by atoms with E-state index in [0.29, 0.717) is 16.3 Å². The Morgan fingerprint density at radius 3 is 2.41 bits per heavy atom. The zero-order chi connectivity index (χ0) is 24.2. The lowest BCUT2D eigenvalue weighted by atomic mass is 9.98. The highest BCUT2D eigenvalue weighted by atomic mass is 32.1. The molecule has 0 amide bonds. The number of thiol groups is 1. The first-order chi connectivity index (χ1) is 16.4. The first-order valence-electron chi connectivity index (χ1n) is 10.7. The van der Waals surface area contributed by atoms with Crippen LogP contribution in [0.5, 0.6) is 11.5 Å². The van der Waals surface area contributed by atoms with Gasteiger partial charge in [-0.2, -0.15) is 0 Å². The van der Waals surface area contributed by atoms with Crippen molar-refractivity contribution in [2.45, 2.75) is 11.4 Å². The van der Waals surface area contributed by atoms with Gasteiger partial charge in [-0.1, -0.05) is 24.8 Å². The molecule has 0 aliphatic heterocycles. The quantitative estimate of drug-likeness (QED) is 0.218. The SMILES string of the molecule is C=C(c1ccc(OC)c(OC)c1)c1cc(N(C)Cc2ccc(-n3cc[nH]c3=S)cc2)ccc1S. The van der Waals surface area contributed by atoms with E-state index in [4.69, 9.17) is 21.7 Å². The third kappa shape index (κ3) is 4.90. The van der Waals surface area contributed by atoms with Crippen LogP contribution in [0, 0.1) is 4.77 Å². The summed E-state index contributed by atoms with van der Waals surface area (Å²) in [5.74, 6) is 1.35. The molecule has 7 heteroatoms. The Kier molecular flexibility index (Phi) is 7.14. The maximum absolute atomic E-state index is 5.46. The molecule has 4 rings (SSSR count). The lowest BCUT2D eigenvalue weighted by Crippen LogP contribution is -2.16. The van der Waals surface area contributed by atoms with Crippen LogP contribution in [0.3, 0.4) is 0 Å². The fourth-order valence-electron chi connectivity index (χ4n) is 3.83. The Bertz CT molecular complexity index is 1370. The zero-order valence-electron chi connectivity index (χ0n) is 19.4. The molecule has 5 nitrogen and oxygen atoms in total. The number of H-pyrrole nitrogens is 1. The van der Waals surface area contributed by atoms with E-state index >= 15 is 0 Å². The molecule has 3 aromatic carbocycles. The summed E-state index contributed by atoms with van der Waals surface area (Å²) < 4.78 is 13.4. The summed E-state index contributed by atoms with van der Waals surface area (Å²) in [4.78, 5) is 6.09. The minimum absolute atomic E-state index is 0.666. The summed E-state index contributed by atoms with van der Waals surface area (Å²) in [5.41, 5.74) is 6.10. The van der Waals surface area contributed by atoms with Crippen LogP contribution >= 0.6 is 24.8 Å². The van der Waals surface area contributed by atoms with Gasteiger partial charge in [-0.3, -0.25) is 4.57 Å². The largest absolute Gasteiger partial charge is 0.493 e. The van der Waals surface area contributed by atoms with Gasteiger partial charge in [-0.15, -0.1) is 12.6 Å². The maximum Gasteiger partial charge on any atom is 0.181 e. The van der Waals surface area contributed by atoms with Crippen LogP contribution in [-0.2, 0) is 6.54 Å². The van der Waals surface area contributed by atoms with Crippen LogP contribution in [0.4, 0.5) is 5.69 Å². The number of methoxy groups -OCH3 is 2. The highest BCUT2D eigenvalue weighted by Gasteiger charge is 2.13. The zero-order valence-corrected chi connectivity index (χ0v) is 21.1. The normalized spacial score (nSPS) is 10.7. The van der Waals surface area contributed by atoms with E-state index in [9.17, 15) is 0 Å². The van der Waals surface area contributed by atoms with Gasteiger partial charge in [-0.25, -0.2) is 0 Å². The first kappa shape index (κ1) is 23.7. The summed E-state index contributed by atoms with van der Waals surface area (Å²) in [6.45, 7) is 5.09. The topological polar surface area (TPSA) is 42.4 Å². The molecular weight excluding hydrogens is 462 g/mol. The monoisotopic (exact) mass is 489 g/mol. The molecule has 0 aliphatic carbocycles. The molecule has 0 aliphatic rings. The predicted octanol–water partition coefficient (Wildman–Crippen LogP) is 6.54. The number of ether oxygens (including phenoxy) is 2. The van der Waals surface area contributed by atoms with Gasteiger partial charge in [0, 0.05) is 42.3 Å². The fourth-order valence-corrected chi connectivity index (χ4v) is 4.34. The van der Waals surface area contributed by atoms with Crippen molar-refractivity contribution in [1.29, 1.82) is 0 Å². The van der Waals surface area contributed by atoms with Crippen LogP contribution in [0.25, 0.3) is 11.3 Å². The number of imidazole rings is 1. The molecule has 1 N–H and O–H groups in total. The molecule has 174 valence electrons. The third-order valence-electron chi connectivity index (χ3n) is 5.76. The molecule has 0 radical (unpaired) electrons.